The van der Waals surface area contributed by atoms with Gasteiger partial charge in [0.15, 0.2) is 5.96 Å². The first kappa shape index (κ1) is 18.8. The molecule has 0 unspecified atom stereocenters. The molecule has 6 heteroatoms. The minimum absolute atomic E-state index is 0.584. The van der Waals surface area contributed by atoms with E-state index in [2.05, 4.69) is 44.7 Å². The van der Waals surface area contributed by atoms with Crippen LogP contribution < -0.4 is 10.1 Å². The maximum Gasteiger partial charge on any atom is 0.194 e. The van der Waals surface area contributed by atoms with E-state index in [4.69, 9.17) is 4.74 Å². The largest absolute Gasteiger partial charge is 0.496 e. The molecule has 0 saturated carbocycles. The Morgan fingerprint density at radius 2 is 2.12 bits per heavy atom. The highest BCUT2D eigenvalue weighted by molar-refractivity contribution is 5.79. The highest BCUT2D eigenvalue weighted by Crippen LogP contribution is 2.18. The van der Waals surface area contributed by atoms with Crippen molar-refractivity contribution in [1.82, 2.24) is 19.8 Å². The molecule has 0 fully saturated rings. The quantitative estimate of drug-likeness (QED) is 0.620. The molecular formula is C19H29N5O. The molecule has 2 rings (SSSR count). The number of hydrogen-bond acceptors (Lipinski definition) is 3. The maximum atomic E-state index is 5.43. The Morgan fingerprint density at radius 3 is 2.80 bits per heavy atom. The van der Waals surface area contributed by atoms with E-state index >= 15 is 0 Å². The fraction of sp³-hybridized carbons (Fsp3) is 0.474. The van der Waals surface area contributed by atoms with Gasteiger partial charge in [0, 0.05) is 45.1 Å². The van der Waals surface area contributed by atoms with Crippen molar-refractivity contribution in [3.8, 4) is 5.75 Å². The van der Waals surface area contributed by atoms with Gasteiger partial charge >= 0.3 is 0 Å². The number of guanidine groups is 1. The predicted molar refractivity (Wildman–Crippen MR) is 102 cm³/mol. The van der Waals surface area contributed by atoms with Crippen LogP contribution >= 0.6 is 0 Å². The second-order valence-electron chi connectivity index (χ2n) is 6.46. The summed E-state index contributed by atoms with van der Waals surface area (Å²) in [7, 11) is 5.50. The van der Waals surface area contributed by atoms with Gasteiger partial charge < -0.3 is 19.5 Å². The zero-order valence-corrected chi connectivity index (χ0v) is 15.9. The summed E-state index contributed by atoms with van der Waals surface area (Å²) >= 11 is 0. The summed E-state index contributed by atoms with van der Waals surface area (Å²) in [6, 6.07) is 8.04. The number of ether oxygens (including phenoxy) is 1. The molecule has 1 aromatic carbocycles. The van der Waals surface area contributed by atoms with Crippen LogP contribution in [0, 0.1) is 5.92 Å². The summed E-state index contributed by atoms with van der Waals surface area (Å²) in [6.45, 7) is 6.73. The molecule has 0 bridgehead atoms. The lowest BCUT2D eigenvalue weighted by Crippen LogP contribution is -2.38. The molecule has 6 nitrogen and oxygen atoms in total. The van der Waals surface area contributed by atoms with E-state index in [1.54, 1.807) is 14.2 Å². The molecule has 0 saturated heterocycles. The number of imidazole rings is 1. The van der Waals surface area contributed by atoms with Crippen molar-refractivity contribution in [2.24, 2.45) is 10.9 Å². The molecule has 0 aliphatic heterocycles. The number of benzene rings is 1. The predicted octanol–water partition coefficient (Wildman–Crippen LogP) is 2.76. The number of aliphatic imine (C=N–C) groups is 1. The molecule has 0 radical (unpaired) electrons. The fourth-order valence-electron chi connectivity index (χ4n) is 2.77. The summed E-state index contributed by atoms with van der Waals surface area (Å²) in [5.41, 5.74) is 1.12. The average Bonchev–Trinajstić information content (AvgIpc) is 3.02. The number of para-hydroxylation sites is 1. The van der Waals surface area contributed by atoms with Gasteiger partial charge in [-0.05, 0) is 12.0 Å². The molecule has 0 aliphatic rings. The van der Waals surface area contributed by atoms with Crippen molar-refractivity contribution >= 4 is 5.96 Å². The second-order valence-corrected chi connectivity index (χ2v) is 6.46. The zero-order valence-electron chi connectivity index (χ0n) is 15.9. The van der Waals surface area contributed by atoms with Gasteiger partial charge in [-0.1, -0.05) is 32.0 Å². The van der Waals surface area contributed by atoms with Crippen LogP contribution in [0.4, 0.5) is 0 Å². The van der Waals surface area contributed by atoms with E-state index < -0.39 is 0 Å². The molecule has 1 aromatic heterocycles. The molecule has 0 amide bonds. The van der Waals surface area contributed by atoms with Crippen molar-refractivity contribution < 1.29 is 4.74 Å². The van der Waals surface area contributed by atoms with E-state index in [1.807, 2.05) is 37.6 Å². The molecule has 1 N–H and O–H groups in total. The summed E-state index contributed by atoms with van der Waals surface area (Å²) in [5.74, 6) is 3.31. The van der Waals surface area contributed by atoms with Crippen LogP contribution in [0.25, 0.3) is 0 Å². The summed E-state index contributed by atoms with van der Waals surface area (Å²) < 4.78 is 7.62. The summed E-state index contributed by atoms with van der Waals surface area (Å²) in [4.78, 5) is 10.9. The first-order valence-electron chi connectivity index (χ1n) is 8.58. The third-order valence-electron chi connectivity index (χ3n) is 3.94. The van der Waals surface area contributed by atoms with Gasteiger partial charge in [0.05, 0.1) is 13.7 Å². The molecule has 1 heterocycles. The molecule has 0 aliphatic carbocycles. The van der Waals surface area contributed by atoms with E-state index in [0.717, 1.165) is 29.6 Å². The van der Waals surface area contributed by atoms with Gasteiger partial charge in [-0.25, -0.2) is 4.98 Å². The topological polar surface area (TPSA) is 54.7 Å². The Morgan fingerprint density at radius 1 is 1.36 bits per heavy atom. The first-order valence-corrected chi connectivity index (χ1v) is 8.58. The molecule has 25 heavy (non-hydrogen) atoms. The number of aromatic nitrogens is 2. The lowest BCUT2D eigenvalue weighted by Gasteiger charge is -2.23. The number of methoxy groups -OCH3 is 1. The SMILES string of the molecule is CN=C(NCc1nccn1CC(C)C)N(C)Cc1ccccc1OC. The Bertz CT molecular complexity index is 693. The van der Waals surface area contributed by atoms with Gasteiger partial charge in [0.25, 0.3) is 0 Å². The Hall–Kier alpha value is -2.50. The van der Waals surface area contributed by atoms with Crippen LogP contribution in [0.3, 0.4) is 0 Å². The van der Waals surface area contributed by atoms with Crippen molar-refractivity contribution in [2.45, 2.75) is 33.5 Å². The van der Waals surface area contributed by atoms with Crippen molar-refractivity contribution in [3.63, 3.8) is 0 Å². The van der Waals surface area contributed by atoms with Gasteiger partial charge in [-0.2, -0.15) is 0 Å². The Kier molecular flexibility index (Phi) is 6.86. The van der Waals surface area contributed by atoms with Crippen LogP contribution in [-0.4, -0.2) is 41.6 Å². The monoisotopic (exact) mass is 343 g/mol. The molecule has 2 aromatic rings. The Labute approximate surface area is 150 Å². The molecule has 0 spiro atoms. The maximum absolute atomic E-state index is 5.43. The number of nitrogens with zero attached hydrogens (tertiary/aromatic N) is 4. The fourth-order valence-corrected chi connectivity index (χ4v) is 2.77. The number of hydrogen-bond donors (Lipinski definition) is 1. The van der Waals surface area contributed by atoms with Crippen LogP contribution in [0.15, 0.2) is 41.7 Å². The third-order valence-corrected chi connectivity index (χ3v) is 3.94. The van der Waals surface area contributed by atoms with Gasteiger partial charge in [0.2, 0.25) is 0 Å². The number of nitrogens with one attached hydrogen (secondary N) is 1. The first-order chi connectivity index (χ1) is 12.0. The smallest absolute Gasteiger partial charge is 0.194 e. The van der Waals surface area contributed by atoms with Crippen molar-refractivity contribution in [3.05, 3.63) is 48.0 Å². The molecule has 136 valence electrons. The van der Waals surface area contributed by atoms with Crippen LogP contribution in [-0.2, 0) is 19.6 Å². The summed E-state index contributed by atoms with van der Waals surface area (Å²) in [5, 5.41) is 3.39. The lowest BCUT2D eigenvalue weighted by atomic mass is 10.2. The van der Waals surface area contributed by atoms with E-state index in [9.17, 15) is 0 Å². The highest BCUT2D eigenvalue weighted by Gasteiger charge is 2.11. The second kappa shape index (κ2) is 9.11. The van der Waals surface area contributed by atoms with E-state index in [-0.39, 0.29) is 0 Å². The summed E-state index contributed by atoms with van der Waals surface area (Å²) in [6.07, 6.45) is 3.87. The van der Waals surface area contributed by atoms with Crippen molar-refractivity contribution in [1.29, 1.82) is 0 Å². The minimum atomic E-state index is 0.584. The van der Waals surface area contributed by atoms with Gasteiger partial charge in [-0.3, -0.25) is 4.99 Å². The van der Waals surface area contributed by atoms with Crippen LogP contribution in [0.2, 0.25) is 0 Å². The van der Waals surface area contributed by atoms with Crippen LogP contribution in [0.1, 0.15) is 25.2 Å². The van der Waals surface area contributed by atoms with Gasteiger partial charge in [-0.15, -0.1) is 0 Å². The lowest BCUT2D eigenvalue weighted by molar-refractivity contribution is 0.395. The van der Waals surface area contributed by atoms with Crippen LogP contribution in [0.5, 0.6) is 5.75 Å². The normalized spacial score (nSPS) is 11.7. The Balaban J connectivity index is 1.99. The zero-order chi connectivity index (χ0) is 18.2. The third kappa shape index (κ3) is 5.24. The standard InChI is InChI=1S/C19H29N5O/c1-15(2)13-24-11-10-21-18(24)12-22-19(20-3)23(4)14-16-8-6-7-9-17(16)25-5/h6-11,15H,12-14H2,1-5H3,(H,20,22). The molecular weight excluding hydrogens is 314 g/mol. The minimum Gasteiger partial charge on any atom is -0.496 e. The van der Waals surface area contributed by atoms with Gasteiger partial charge in [0.1, 0.15) is 11.6 Å². The number of rotatable bonds is 7. The van der Waals surface area contributed by atoms with E-state index in [0.29, 0.717) is 19.0 Å². The van der Waals surface area contributed by atoms with Crippen molar-refractivity contribution in [2.75, 3.05) is 21.2 Å². The van der Waals surface area contributed by atoms with E-state index in [1.165, 1.54) is 0 Å². The average molecular weight is 343 g/mol. The molecule has 0 atom stereocenters. The highest BCUT2D eigenvalue weighted by atomic mass is 16.5.